The van der Waals surface area contributed by atoms with Crippen LogP contribution >= 0.6 is 0 Å². The number of hydrogen-bond donors (Lipinski definition) is 0. The fourth-order valence-electron chi connectivity index (χ4n) is 1.50. The lowest BCUT2D eigenvalue weighted by Gasteiger charge is -2.25. The molecular weight excluding hydrogens is 212 g/mol. The highest BCUT2D eigenvalue weighted by Crippen LogP contribution is 2.23. The molecule has 0 radical (unpaired) electrons. The lowest BCUT2D eigenvalue weighted by Crippen LogP contribution is -2.29. The Balaban J connectivity index is 0. The van der Waals surface area contributed by atoms with Gasteiger partial charge in [0.05, 0.1) is 8.07 Å². The fourth-order valence-corrected chi connectivity index (χ4v) is 4.50. The summed E-state index contributed by atoms with van der Waals surface area (Å²) in [7, 11) is -1.32. The van der Waals surface area contributed by atoms with E-state index in [1.165, 1.54) is 30.2 Å². The zero-order valence-electron chi connectivity index (χ0n) is 12.5. The lowest BCUT2D eigenvalue weighted by molar-refractivity contribution is 1.11. The van der Waals surface area contributed by atoms with Gasteiger partial charge in [-0.05, 0) is 0 Å². The Morgan fingerprint density at radius 1 is 0.533 bits per heavy atom. The molecule has 0 aromatic carbocycles. The van der Waals surface area contributed by atoms with E-state index in [0.29, 0.717) is 0 Å². The summed E-state index contributed by atoms with van der Waals surface area (Å²) < 4.78 is 0. The minimum Gasteiger partial charge on any atom is -0.0696 e. The number of hydrogen-bond acceptors (Lipinski definition) is 0. The molecule has 2 heteroatoms. The molecule has 0 aromatic rings. The lowest BCUT2D eigenvalue weighted by atomic mass is 10.9. The molecule has 0 rings (SSSR count). The quantitative estimate of drug-likeness (QED) is 0.533. The molecular formula is C13H34Si2. The molecule has 0 nitrogen and oxygen atoms in total. The molecule has 0 fully saturated rings. The zero-order valence-corrected chi connectivity index (χ0v) is 14.5. The van der Waals surface area contributed by atoms with Gasteiger partial charge >= 0.3 is 0 Å². The van der Waals surface area contributed by atoms with Crippen molar-refractivity contribution in [2.45, 2.75) is 84.5 Å². The second kappa shape index (κ2) is 8.57. The second-order valence-electron chi connectivity index (χ2n) is 5.83. The van der Waals surface area contributed by atoms with Gasteiger partial charge in [-0.25, -0.2) is 0 Å². The van der Waals surface area contributed by atoms with Gasteiger partial charge in [0.2, 0.25) is 0 Å². The minimum atomic E-state index is -0.691. The van der Waals surface area contributed by atoms with Crippen LogP contribution in [0.25, 0.3) is 0 Å². The van der Waals surface area contributed by atoms with Gasteiger partial charge in [-0.3, -0.25) is 0 Å². The average molecular weight is 247 g/mol. The normalized spacial score (nSPS) is 12.0. The maximum Gasteiger partial charge on any atom is 0.0524 e. The first kappa shape index (κ1) is 17.8. The van der Waals surface area contributed by atoms with Crippen LogP contribution in [0.3, 0.4) is 0 Å². The maximum atomic E-state index is 2.38. The van der Waals surface area contributed by atoms with Crippen LogP contribution in [0, 0.1) is 0 Å². The van der Waals surface area contributed by atoms with Crippen molar-refractivity contribution in [3.63, 3.8) is 0 Å². The molecule has 0 bridgehead atoms. The summed E-state index contributed by atoms with van der Waals surface area (Å²) in [4.78, 5) is 0. The van der Waals surface area contributed by atoms with Gasteiger partial charge in [0, 0.05) is 8.07 Å². The average Bonchev–Trinajstić information content (AvgIpc) is 2.22. The van der Waals surface area contributed by atoms with Gasteiger partial charge in [0.25, 0.3) is 0 Å². The molecule has 0 heterocycles. The van der Waals surface area contributed by atoms with E-state index >= 15 is 0 Å². The van der Waals surface area contributed by atoms with Crippen LogP contribution in [-0.2, 0) is 0 Å². The van der Waals surface area contributed by atoms with E-state index in [1.54, 1.807) is 0 Å². The molecule has 0 saturated carbocycles. The third-order valence-electron chi connectivity index (χ3n) is 4.06. The van der Waals surface area contributed by atoms with E-state index in [9.17, 15) is 0 Å². The molecule has 0 aromatic heterocycles. The van der Waals surface area contributed by atoms with Crippen LogP contribution in [0.4, 0.5) is 0 Å². The Labute approximate surface area is 101 Å². The smallest absolute Gasteiger partial charge is 0.0524 e. The molecule has 0 aliphatic rings. The molecule has 94 valence electrons. The highest BCUT2D eigenvalue weighted by atomic mass is 28.3. The van der Waals surface area contributed by atoms with E-state index in [2.05, 4.69) is 54.3 Å². The Bertz CT molecular complexity index is 114. The summed E-state index contributed by atoms with van der Waals surface area (Å²) in [6.45, 7) is 18.9. The van der Waals surface area contributed by atoms with Gasteiger partial charge < -0.3 is 0 Å². The summed E-state index contributed by atoms with van der Waals surface area (Å²) in [5.41, 5.74) is 0. The molecule has 0 spiro atoms. The highest BCUT2D eigenvalue weighted by Gasteiger charge is 2.23. The van der Waals surface area contributed by atoms with Crippen molar-refractivity contribution >= 4 is 16.1 Å². The summed E-state index contributed by atoms with van der Waals surface area (Å²) in [5, 5.41) is 0. The van der Waals surface area contributed by atoms with E-state index in [-0.39, 0.29) is 0 Å². The summed E-state index contributed by atoms with van der Waals surface area (Å²) in [5.74, 6) is 0. The van der Waals surface area contributed by atoms with Crippen molar-refractivity contribution in [1.29, 1.82) is 0 Å². The van der Waals surface area contributed by atoms with Crippen molar-refractivity contribution in [3.05, 3.63) is 0 Å². The van der Waals surface area contributed by atoms with E-state index < -0.39 is 16.1 Å². The van der Waals surface area contributed by atoms with Crippen molar-refractivity contribution < 1.29 is 0 Å². The van der Waals surface area contributed by atoms with Crippen molar-refractivity contribution in [3.8, 4) is 0 Å². The first-order chi connectivity index (χ1) is 6.80. The van der Waals surface area contributed by atoms with Crippen molar-refractivity contribution in [2.24, 2.45) is 0 Å². The Hall–Kier alpha value is 0.434. The van der Waals surface area contributed by atoms with Crippen LogP contribution in [0.2, 0.25) is 49.9 Å². The first-order valence-electron chi connectivity index (χ1n) is 6.80. The van der Waals surface area contributed by atoms with Crippen LogP contribution in [-0.4, -0.2) is 16.1 Å². The molecule has 0 saturated heterocycles. The molecule has 0 aliphatic heterocycles. The van der Waals surface area contributed by atoms with Gasteiger partial charge in [-0.2, -0.15) is 0 Å². The molecule has 15 heavy (non-hydrogen) atoms. The maximum absolute atomic E-state index is 2.38. The van der Waals surface area contributed by atoms with Gasteiger partial charge in [-0.1, -0.05) is 84.5 Å². The van der Waals surface area contributed by atoms with Crippen LogP contribution in [0.15, 0.2) is 0 Å². The molecule has 0 atom stereocenters. The summed E-state index contributed by atoms with van der Waals surface area (Å²) in [6.07, 6.45) is 0. The van der Waals surface area contributed by atoms with Gasteiger partial charge in [-0.15, -0.1) is 0 Å². The monoisotopic (exact) mass is 246 g/mol. The third kappa shape index (κ3) is 9.37. The molecule has 0 N–H and O–H groups in total. The van der Waals surface area contributed by atoms with E-state index in [1.807, 2.05) is 0 Å². The Morgan fingerprint density at radius 3 is 0.733 bits per heavy atom. The van der Waals surface area contributed by atoms with Crippen LogP contribution in [0.5, 0.6) is 0 Å². The number of rotatable bonds is 5. The topological polar surface area (TPSA) is 0 Å². The third-order valence-corrected chi connectivity index (χ3v) is 12.2. The fraction of sp³-hybridized carbons (Fsp3) is 1.00. The van der Waals surface area contributed by atoms with E-state index in [0.717, 1.165) is 0 Å². The SMILES string of the molecule is CC[Si](C)(C)C.CC[Si](CC)(CC)CC. The second-order valence-corrected chi connectivity index (χ2v) is 17.5. The zero-order chi connectivity index (χ0) is 12.5. The Kier molecular flexibility index (Phi) is 10.2. The standard InChI is InChI=1S/C8H20Si.C5H14Si/c1-5-9(6-2,7-3)8-4;1-5-6(2,3)4/h5-8H2,1-4H3;5H2,1-4H3. The largest absolute Gasteiger partial charge is 0.0696 e. The van der Waals surface area contributed by atoms with Crippen LogP contribution < -0.4 is 0 Å². The predicted molar refractivity (Wildman–Crippen MR) is 81.5 cm³/mol. The van der Waals surface area contributed by atoms with E-state index in [4.69, 9.17) is 0 Å². The van der Waals surface area contributed by atoms with Gasteiger partial charge in [0.15, 0.2) is 0 Å². The molecule has 0 aliphatic carbocycles. The van der Waals surface area contributed by atoms with Gasteiger partial charge in [0.1, 0.15) is 0 Å². The summed E-state index contributed by atoms with van der Waals surface area (Å²) in [6, 6.07) is 7.34. The van der Waals surface area contributed by atoms with Crippen molar-refractivity contribution in [2.75, 3.05) is 0 Å². The molecule has 0 unspecified atom stereocenters. The van der Waals surface area contributed by atoms with Crippen molar-refractivity contribution in [1.82, 2.24) is 0 Å². The molecule has 0 amide bonds. The highest BCUT2D eigenvalue weighted by molar-refractivity contribution is 6.79. The minimum absolute atomic E-state index is 0.631. The first-order valence-corrected chi connectivity index (χ1v) is 13.3. The van der Waals surface area contributed by atoms with Crippen LogP contribution in [0.1, 0.15) is 34.6 Å². The summed E-state index contributed by atoms with van der Waals surface area (Å²) >= 11 is 0. The Morgan fingerprint density at radius 2 is 0.733 bits per heavy atom. The predicted octanol–water partition coefficient (Wildman–Crippen LogP) is 5.86.